The number of ether oxygens (including phenoxy) is 3. The smallest absolute Gasteiger partial charge is 0.336 e. The molecule has 0 unspecified atom stereocenters. The van der Waals surface area contributed by atoms with Gasteiger partial charge in [-0.3, -0.25) is 4.79 Å². The zero-order valence-electron chi connectivity index (χ0n) is 18.5. The van der Waals surface area contributed by atoms with E-state index in [2.05, 4.69) is 0 Å². The fourth-order valence-corrected chi connectivity index (χ4v) is 3.37. The molecular weight excluding hydrogens is 420 g/mol. The van der Waals surface area contributed by atoms with E-state index in [0.29, 0.717) is 11.1 Å². The van der Waals surface area contributed by atoms with Gasteiger partial charge in [-0.1, -0.05) is 18.2 Å². The second-order valence-corrected chi connectivity index (χ2v) is 7.54. The van der Waals surface area contributed by atoms with Gasteiger partial charge in [0, 0.05) is 12.1 Å². The van der Waals surface area contributed by atoms with Gasteiger partial charge < -0.3 is 18.6 Å². The molecule has 4 aromatic rings. The summed E-state index contributed by atoms with van der Waals surface area (Å²) in [5, 5.41) is 0.324. The molecule has 6 nitrogen and oxygen atoms in total. The molecule has 0 radical (unpaired) electrons. The standard InChI is InChI=1S/C27H22O6/c1-17-12-18(2)14-22(13-17)32-25-16-31-24-15-21(9-10-23(24)27(25)29)33-26(28)11-6-19-4-7-20(30-3)8-5-19/h4-16H,1-3H3/b11-6+. The molecule has 166 valence electrons. The summed E-state index contributed by atoms with van der Waals surface area (Å²) in [6.45, 7) is 3.91. The van der Waals surface area contributed by atoms with Gasteiger partial charge in [0.25, 0.3) is 0 Å². The number of carbonyl (C=O) groups excluding carboxylic acids is 1. The van der Waals surface area contributed by atoms with Crippen molar-refractivity contribution in [2.45, 2.75) is 13.8 Å². The van der Waals surface area contributed by atoms with E-state index in [1.807, 2.05) is 44.2 Å². The number of benzene rings is 3. The molecule has 33 heavy (non-hydrogen) atoms. The summed E-state index contributed by atoms with van der Waals surface area (Å²) in [5.41, 5.74) is 2.86. The number of carbonyl (C=O) groups is 1. The first-order chi connectivity index (χ1) is 15.9. The second-order valence-electron chi connectivity index (χ2n) is 7.54. The Labute approximate surface area is 190 Å². The first-order valence-corrected chi connectivity index (χ1v) is 10.3. The van der Waals surface area contributed by atoms with Gasteiger partial charge in [-0.2, -0.15) is 0 Å². The molecule has 0 spiro atoms. The third kappa shape index (κ3) is 5.30. The molecule has 0 amide bonds. The third-order valence-corrected chi connectivity index (χ3v) is 4.88. The summed E-state index contributed by atoms with van der Waals surface area (Å²) in [7, 11) is 1.59. The molecule has 0 N–H and O–H groups in total. The van der Waals surface area contributed by atoms with Crippen LogP contribution in [-0.4, -0.2) is 13.1 Å². The Morgan fingerprint density at radius 3 is 2.27 bits per heavy atom. The van der Waals surface area contributed by atoms with Crippen molar-refractivity contribution in [2.24, 2.45) is 0 Å². The van der Waals surface area contributed by atoms with Crippen LogP contribution in [0.4, 0.5) is 0 Å². The lowest BCUT2D eigenvalue weighted by Crippen LogP contribution is -2.06. The van der Waals surface area contributed by atoms with Crippen molar-refractivity contribution in [3.05, 3.63) is 99.9 Å². The van der Waals surface area contributed by atoms with Crippen LogP contribution < -0.4 is 19.6 Å². The minimum absolute atomic E-state index is 0.0830. The van der Waals surface area contributed by atoms with Crippen LogP contribution in [-0.2, 0) is 4.79 Å². The van der Waals surface area contributed by atoms with E-state index in [9.17, 15) is 9.59 Å². The Morgan fingerprint density at radius 1 is 0.879 bits per heavy atom. The molecule has 3 aromatic carbocycles. The minimum atomic E-state index is -0.553. The number of rotatable bonds is 6. The Bertz CT molecular complexity index is 1380. The number of esters is 1. The van der Waals surface area contributed by atoms with E-state index >= 15 is 0 Å². The van der Waals surface area contributed by atoms with Gasteiger partial charge in [-0.05, 0) is 73.0 Å². The van der Waals surface area contributed by atoms with E-state index in [-0.39, 0.29) is 22.5 Å². The Morgan fingerprint density at radius 2 is 1.58 bits per heavy atom. The third-order valence-electron chi connectivity index (χ3n) is 4.88. The molecule has 0 bridgehead atoms. The van der Waals surface area contributed by atoms with Gasteiger partial charge in [-0.25, -0.2) is 4.79 Å². The quantitative estimate of drug-likeness (QED) is 0.212. The molecule has 6 heteroatoms. The summed E-state index contributed by atoms with van der Waals surface area (Å²) in [5.74, 6) is 1.09. The van der Waals surface area contributed by atoms with Crippen molar-refractivity contribution in [3.63, 3.8) is 0 Å². The number of hydrogen-bond donors (Lipinski definition) is 0. The van der Waals surface area contributed by atoms with Gasteiger partial charge >= 0.3 is 5.97 Å². The first kappa shape index (κ1) is 21.9. The number of hydrogen-bond acceptors (Lipinski definition) is 6. The van der Waals surface area contributed by atoms with Crippen LogP contribution in [0.25, 0.3) is 17.0 Å². The molecule has 0 fully saturated rings. The Hall–Kier alpha value is -4.32. The predicted octanol–water partition coefficient (Wildman–Crippen LogP) is 5.83. The SMILES string of the molecule is COc1ccc(/C=C/C(=O)Oc2ccc3c(=O)c(Oc4cc(C)cc(C)c4)coc3c2)cc1. The van der Waals surface area contributed by atoms with Crippen LogP contribution in [0.15, 0.2) is 82.2 Å². The van der Waals surface area contributed by atoms with Gasteiger partial charge in [0.1, 0.15) is 29.1 Å². The summed E-state index contributed by atoms with van der Waals surface area (Å²) in [6, 6.07) is 17.5. The van der Waals surface area contributed by atoms with Crippen LogP contribution in [0.1, 0.15) is 16.7 Å². The zero-order chi connectivity index (χ0) is 23.4. The summed E-state index contributed by atoms with van der Waals surface area (Å²) in [4.78, 5) is 25.0. The maximum absolute atomic E-state index is 12.8. The summed E-state index contributed by atoms with van der Waals surface area (Å²) < 4.78 is 21.8. The minimum Gasteiger partial charge on any atom is -0.497 e. The van der Waals surface area contributed by atoms with Crippen LogP contribution in [0, 0.1) is 13.8 Å². The van der Waals surface area contributed by atoms with E-state index in [0.717, 1.165) is 22.4 Å². The topological polar surface area (TPSA) is 75.0 Å². The van der Waals surface area contributed by atoms with E-state index in [4.69, 9.17) is 18.6 Å². The van der Waals surface area contributed by atoms with Gasteiger partial charge in [-0.15, -0.1) is 0 Å². The molecule has 0 aliphatic rings. The van der Waals surface area contributed by atoms with Crippen molar-refractivity contribution in [1.29, 1.82) is 0 Å². The average molecular weight is 442 g/mol. The maximum Gasteiger partial charge on any atom is 0.336 e. The zero-order valence-corrected chi connectivity index (χ0v) is 18.5. The lowest BCUT2D eigenvalue weighted by molar-refractivity contribution is -0.128. The number of fused-ring (bicyclic) bond motifs is 1. The molecule has 0 saturated heterocycles. The second kappa shape index (κ2) is 9.44. The van der Waals surface area contributed by atoms with Crippen molar-refractivity contribution >= 4 is 23.0 Å². The molecule has 0 aliphatic heterocycles. The summed E-state index contributed by atoms with van der Waals surface area (Å²) >= 11 is 0. The van der Waals surface area contributed by atoms with Crippen LogP contribution >= 0.6 is 0 Å². The molecule has 1 aromatic heterocycles. The van der Waals surface area contributed by atoms with E-state index in [1.54, 1.807) is 37.5 Å². The van der Waals surface area contributed by atoms with Gasteiger partial charge in [0.2, 0.25) is 11.2 Å². The van der Waals surface area contributed by atoms with Gasteiger partial charge in [0.05, 0.1) is 12.5 Å². The average Bonchev–Trinajstić information content (AvgIpc) is 2.79. The first-order valence-electron chi connectivity index (χ1n) is 10.3. The van der Waals surface area contributed by atoms with Crippen molar-refractivity contribution < 1.29 is 23.4 Å². The van der Waals surface area contributed by atoms with E-state index in [1.165, 1.54) is 18.4 Å². The van der Waals surface area contributed by atoms with Crippen LogP contribution in [0.5, 0.6) is 23.0 Å². The maximum atomic E-state index is 12.8. The molecule has 0 atom stereocenters. The Kier molecular flexibility index (Phi) is 6.26. The molecule has 0 aliphatic carbocycles. The van der Waals surface area contributed by atoms with Crippen molar-refractivity contribution in [2.75, 3.05) is 7.11 Å². The molecule has 4 rings (SSSR count). The van der Waals surface area contributed by atoms with Crippen LogP contribution in [0.3, 0.4) is 0 Å². The predicted molar refractivity (Wildman–Crippen MR) is 126 cm³/mol. The highest BCUT2D eigenvalue weighted by Gasteiger charge is 2.12. The number of methoxy groups -OCH3 is 1. The summed E-state index contributed by atoms with van der Waals surface area (Å²) in [6.07, 6.45) is 4.22. The fourth-order valence-electron chi connectivity index (χ4n) is 3.37. The highest BCUT2D eigenvalue weighted by Crippen LogP contribution is 2.25. The number of aryl methyl sites for hydroxylation is 2. The largest absolute Gasteiger partial charge is 0.497 e. The Balaban J connectivity index is 1.49. The lowest BCUT2D eigenvalue weighted by Gasteiger charge is -2.08. The molecule has 0 saturated carbocycles. The monoisotopic (exact) mass is 442 g/mol. The van der Waals surface area contributed by atoms with Gasteiger partial charge in [0.15, 0.2) is 0 Å². The van der Waals surface area contributed by atoms with Crippen LogP contribution in [0.2, 0.25) is 0 Å². The highest BCUT2D eigenvalue weighted by molar-refractivity contribution is 5.89. The lowest BCUT2D eigenvalue weighted by atomic mass is 10.1. The molecule has 1 heterocycles. The molecular formula is C27H22O6. The highest BCUT2D eigenvalue weighted by atomic mass is 16.5. The van der Waals surface area contributed by atoms with Crippen molar-refractivity contribution in [1.82, 2.24) is 0 Å². The van der Waals surface area contributed by atoms with E-state index < -0.39 is 5.97 Å². The van der Waals surface area contributed by atoms with Crippen molar-refractivity contribution in [3.8, 4) is 23.0 Å². The fraction of sp³-hybridized carbons (Fsp3) is 0.111. The normalized spacial score (nSPS) is 11.0.